The zero-order chi connectivity index (χ0) is 15.2. The molecular weight excluding hydrogens is 268 g/mol. The third-order valence-electron chi connectivity index (χ3n) is 2.51. The molecule has 0 aromatic heterocycles. The molecule has 20 heavy (non-hydrogen) atoms. The van der Waals surface area contributed by atoms with Crippen molar-refractivity contribution in [2.75, 3.05) is 0 Å². The lowest BCUT2D eigenvalue weighted by molar-refractivity contribution is 0.00236. The van der Waals surface area contributed by atoms with Crippen LogP contribution in [0.25, 0.3) is 0 Å². The fraction of sp³-hybridized carbons (Fsp3) is 0.625. The van der Waals surface area contributed by atoms with E-state index >= 15 is 0 Å². The van der Waals surface area contributed by atoms with E-state index in [4.69, 9.17) is 13.3 Å². The lowest BCUT2D eigenvalue weighted by atomic mass is 10.2. The SMILES string of the molecule is CC(C)O[Si](Cc1ccccc1)(OC(C)C)OC(C)C. The van der Waals surface area contributed by atoms with Crippen LogP contribution in [0.3, 0.4) is 0 Å². The Bertz CT molecular complexity index is 350. The van der Waals surface area contributed by atoms with Gasteiger partial charge in [0, 0.05) is 24.4 Å². The van der Waals surface area contributed by atoms with Crippen LogP contribution in [-0.4, -0.2) is 27.1 Å². The predicted octanol–water partition coefficient (Wildman–Crippen LogP) is 3.98. The maximum atomic E-state index is 6.16. The Morgan fingerprint density at radius 1 is 0.750 bits per heavy atom. The summed E-state index contributed by atoms with van der Waals surface area (Å²) in [6.07, 6.45) is 0.258. The number of rotatable bonds is 8. The molecule has 0 spiro atoms. The number of hydrogen-bond acceptors (Lipinski definition) is 3. The van der Waals surface area contributed by atoms with Gasteiger partial charge in [0.1, 0.15) is 0 Å². The predicted molar refractivity (Wildman–Crippen MR) is 84.6 cm³/mol. The fourth-order valence-corrected chi connectivity index (χ4v) is 5.44. The van der Waals surface area contributed by atoms with Gasteiger partial charge >= 0.3 is 8.80 Å². The van der Waals surface area contributed by atoms with Crippen LogP contribution in [0.2, 0.25) is 0 Å². The third-order valence-corrected chi connectivity index (χ3v) is 5.84. The molecule has 0 unspecified atom stereocenters. The highest BCUT2D eigenvalue weighted by Gasteiger charge is 2.44. The Hall–Kier alpha value is -0.683. The van der Waals surface area contributed by atoms with Gasteiger partial charge in [-0.15, -0.1) is 0 Å². The average molecular weight is 296 g/mol. The van der Waals surface area contributed by atoms with Gasteiger partial charge in [0.25, 0.3) is 0 Å². The van der Waals surface area contributed by atoms with Crippen molar-refractivity contribution < 1.29 is 13.3 Å². The van der Waals surface area contributed by atoms with Crippen molar-refractivity contribution in [2.24, 2.45) is 0 Å². The van der Waals surface area contributed by atoms with Crippen LogP contribution in [0.15, 0.2) is 30.3 Å². The molecule has 0 radical (unpaired) electrons. The van der Waals surface area contributed by atoms with Crippen molar-refractivity contribution in [3.63, 3.8) is 0 Å². The Kier molecular flexibility index (Phi) is 6.89. The Labute approximate surface area is 124 Å². The lowest BCUT2D eigenvalue weighted by Gasteiger charge is -2.34. The topological polar surface area (TPSA) is 27.7 Å². The maximum Gasteiger partial charge on any atom is 0.506 e. The van der Waals surface area contributed by atoms with E-state index in [1.165, 1.54) is 5.56 Å². The van der Waals surface area contributed by atoms with Crippen LogP contribution in [0.1, 0.15) is 47.1 Å². The first-order valence-corrected chi connectivity index (χ1v) is 9.33. The van der Waals surface area contributed by atoms with Gasteiger partial charge in [-0.3, -0.25) is 0 Å². The second-order valence-electron chi connectivity index (χ2n) is 5.85. The van der Waals surface area contributed by atoms with Gasteiger partial charge in [0.2, 0.25) is 0 Å². The molecule has 0 atom stereocenters. The third kappa shape index (κ3) is 6.18. The molecule has 114 valence electrons. The highest BCUT2D eigenvalue weighted by molar-refractivity contribution is 6.60. The molecule has 0 bridgehead atoms. The molecule has 0 saturated carbocycles. The molecule has 0 aliphatic rings. The summed E-state index contributed by atoms with van der Waals surface area (Å²) in [5.41, 5.74) is 1.20. The van der Waals surface area contributed by atoms with Crippen molar-refractivity contribution in [2.45, 2.75) is 65.9 Å². The van der Waals surface area contributed by atoms with Crippen LogP contribution in [0.5, 0.6) is 0 Å². The molecule has 0 saturated heterocycles. The highest BCUT2D eigenvalue weighted by Crippen LogP contribution is 2.22. The van der Waals surface area contributed by atoms with Gasteiger partial charge in [-0.1, -0.05) is 30.3 Å². The maximum absolute atomic E-state index is 6.16. The minimum Gasteiger partial charge on any atom is -0.371 e. The summed E-state index contributed by atoms with van der Waals surface area (Å²) in [6, 6.07) is 11.0. The Morgan fingerprint density at radius 2 is 1.15 bits per heavy atom. The second-order valence-corrected chi connectivity index (χ2v) is 8.27. The van der Waals surface area contributed by atoms with Crippen molar-refractivity contribution in [3.05, 3.63) is 35.9 Å². The van der Waals surface area contributed by atoms with Gasteiger partial charge < -0.3 is 13.3 Å². The molecule has 4 heteroatoms. The largest absolute Gasteiger partial charge is 0.506 e. The minimum atomic E-state index is -2.73. The van der Waals surface area contributed by atoms with Crippen LogP contribution >= 0.6 is 0 Å². The van der Waals surface area contributed by atoms with Crippen molar-refractivity contribution in [1.82, 2.24) is 0 Å². The summed E-state index contributed by atoms with van der Waals surface area (Å²) in [4.78, 5) is 0. The van der Waals surface area contributed by atoms with Gasteiger partial charge in [-0.05, 0) is 47.1 Å². The van der Waals surface area contributed by atoms with E-state index in [0.717, 1.165) is 0 Å². The molecule has 1 rings (SSSR count). The molecular formula is C16H28O3Si. The summed E-state index contributed by atoms with van der Waals surface area (Å²) in [5, 5.41) is 0. The smallest absolute Gasteiger partial charge is 0.371 e. The fourth-order valence-electron chi connectivity index (χ4n) is 2.13. The van der Waals surface area contributed by atoms with Crippen molar-refractivity contribution in [3.8, 4) is 0 Å². The van der Waals surface area contributed by atoms with Crippen LogP contribution in [0, 0.1) is 0 Å². The van der Waals surface area contributed by atoms with Crippen LogP contribution < -0.4 is 0 Å². The summed E-state index contributed by atoms with van der Waals surface area (Å²) in [5.74, 6) is 0. The van der Waals surface area contributed by atoms with Crippen LogP contribution in [0.4, 0.5) is 0 Å². The molecule has 0 fully saturated rings. The normalized spacial score (nSPS) is 12.7. The minimum absolute atomic E-state index is 0.0860. The molecule has 3 nitrogen and oxygen atoms in total. The highest BCUT2D eigenvalue weighted by atomic mass is 28.4. The van der Waals surface area contributed by atoms with E-state index in [1.54, 1.807) is 0 Å². The first-order chi connectivity index (χ1) is 9.33. The van der Waals surface area contributed by atoms with E-state index in [0.29, 0.717) is 6.04 Å². The zero-order valence-corrected chi connectivity index (χ0v) is 14.6. The lowest BCUT2D eigenvalue weighted by Crippen LogP contribution is -2.53. The standard InChI is InChI=1S/C16H28O3Si/c1-13(2)17-20(18-14(3)4,19-15(5)6)12-16-10-8-7-9-11-16/h7-11,13-15H,12H2,1-6H3. The Balaban J connectivity index is 3.00. The molecule has 1 aromatic rings. The summed E-state index contributed by atoms with van der Waals surface area (Å²) in [7, 11) is -2.73. The monoisotopic (exact) mass is 296 g/mol. The van der Waals surface area contributed by atoms with E-state index in [9.17, 15) is 0 Å². The van der Waals surface area contributed by atoms with Crippen LogP contribution in [-0.2, 0) is 19.3 Å². The van der Waals surface area contributed by atoms with Gasteiger partial charge in [0.05, 0.1) is 0 Å². The summed E-state index contributed by atoms with van der Waals surface area (Å²) in [6.45, 7) is 12.2. The van der Waals surface area contributed by atoms with Crippen molar-refractivity contribution in [1.29, 1.82) is 0 Å². The van der Waals surface area contributed by atoms with Gasteiger partial charge in [0.15, 0.2) is 0 Å². The molecule has 0 amide bonds. The quantitative estimate of drug-likeness (QED) is 0.679. The van der Waals surface area contributed by atoms with E-state index in [1.807, 2.05) is 59.7 Å². The first kappa shape index (κ1) is 17.4. The zero-order valence-electron chi connectivity index (χ0n) is 13.6. The first-order valence-electron chi connectivity index (χ1n) is 7.40. The number of benzene rings is 1. The second kappa shape index (κ2) is 7.93. The summed E-state index contributed by atoms with van der Waals surface area (Å²) >= 11 is 0. The van der Waals surface area contributed by atoms with Gasteiger partial charge in [-0.25, -0.2) is 0 Å². The number of hydrogen-bond donors (Lipinski definition) is 0. The van der Waals surface area contributed by atoms with Gasteiger partial charge in [-0.2, -0.15) is 0 Å². The van der Waals surface area contributed by atoms with E-state index in [-0.39, 0.29) is 18.3 Å². The molecule has 1 aromatic carbocycles. The Morgan fingerprint density at radius 3 is 1.50 bits per heavy atom. The van der Waals surface area contributed by atoms with E-state index < -0.39 is 8.80 Å². The van der Waals surface area contributed by atoms with E-state index in [2.05, 4.69) is 12.1 Å². The molecule has 0 heterocycles. The summed E-state index contributed by atoms with van der Waals surface area (Å²) < 4.78 is 18.5. The van der Waals surface area contributed by atoms with Crippen molar-refractivity contribution >= 4 is 8.80 Å². The average Bonchev–Trinajstić information content (AvgIpc) is 2.26. The molecule has 0 aliphatic carbocycles. The molecule has 0 N–H and O–H groups in total. The molecule has 0 aliphatic heterocycles.